The van der Waals surface area contributed by atoms with Gasteiger partial charge in [0.15, 0.2) is 5.96 Å². The minimum Gasteiger partial charge on any atom is -0.494 e. The Bertz CT molecular complexity index is 643. The summed E-state index contributed by atoms with van der Waals surface area (Å²) in [4.78, 5) is 7.33. The molecule has 1 aromatic rings. The monoisotopic (exact) mass is 551 g/mol. The van der Waals surface area contributed by atoms with Crippen LogP contribution in [0.2, 0.25) is 0 Å². The molecule has 1 aliphatic heterocycles. The Balaban J connectivity index is 0.00000385. The molecule has 1 saturated carbocycles. The molecule has 9 heteroatoms. The summed E-state index contributed by atoms with van der Waals surface area (Å²) in [5, 5.41) is 7.75. The molecule has 1 aliphatic carbocycles. The summed E-state index contributed by atoms with van der Waals surface area (Å²) >= 11 is 0. The Morgan fingerprint density at radius 2 is 1.37 bits per heavy atom. The Labute approximate surface area is 232 Å². The summed E-state index contributed by atoms with van der Waals surface area (Å²) < 4.78 is 5.76. The standard InChI is InChI=1S/C26H45N5O.3ClH/c27-26(28)31(23-24-13-14-24)17-9-8-16-30-20-18-29(19-21-30)15-7-2-1-3-10-22-32-25-11-5-4-6-12-25;;;/h4-6,11-12,24H,1-3,7-10,13-23H2,(H3,27,28);3*1H. The Hall–Kier alpha value is -0.920. The summed E-state index contributed by atoms with van der Waals surface area (Å²) in [5.74, 6) is 2.03. The van der Waals surface area contributed by atoms with Crippen molar-refractivity contribution in [1.82, 2.24) is 14.7 Å². The van der Waals surface area contributed by atoms with Crippen LogP contribution in [0, 0.1) is 11.3 Å². The molecule has 35 heavy (non-hydrogen) atoms. The van der Waals surface area contributed by atoms with Crippen molar-refractivity contribution >= 4 is 43.2 Å². The molecular weight excluding hydrogens is 505 g/mol. The first-order valence-electron chi connectivity index (χ1n) is 12.9. The van der Waals surface area contributed by atoms with E-state index >= 15 is 0 Å². The first kappa shape index (κ1) is 34.1. The van der Waals surface area contributed by atoms with E-state index in [9.17, 15) is 0 Å². The van der Waals surface area contributed by atoms with E-state index in [0.717, 1.165) is 44.2 Å². The lowest BCUT2D eigenvalue weighted by molar-refractivity contribution is 0.128. The van der Waals surface area contributed by atoms with E-state index in [2.05, 4.69) is 14.7 Å². The molecule has 2 fully saturated rings. The van der Waals surface area contributed by atoms with Gasteiger partial charge in [0.05, 0.1) is 6.61 Å². The second-order valence-corrected chi connectivity index (χ2v) is 9.59. The van der Waals surface area contributed by atoms with Crippen LogP contribution in [0.4, 0.5) is 0 Å². The van der Waals surface area contributed by atoms with Gasteiger partial charge in [-0.2, -0.15) is 0 Å². The highest BCUT2D eigenvalue weighted by Gasteiger charge is 2.24. The van der Waals surface area contributed by atoms with Gasteiger partial charge < -0.3 is 25.2 Å². The van der Waals surface area contributed by atoms with Crippen LogP contribution in [0.15, 0.2) is 30.3 Å². The van der Waals surface area contributed by atoms with Gasteiger partial charge in [-0.15, -0.1) is 37.2 Å². The van der Waals surface area contributed by atoms with Crippen molar-refractivity contribution in [3.05, 3.63) is 30.3 Å². The minimum absolute atomic E-state index is 0. The Kier molecular flexibility index (Phi) is 19.6. The number of nitrogens with zero attached hydrogens (tertiary/aromatic N) is 3. The first-order chi connectivity index (χ1) is 15.7. The molecule has 1 aromatic carbocycles. The van der Waals surface area contributed by atoms with Gasteiger partial charge >= 0.3 is 0 Å². The van der Waals surface area contributed by atoms with Gasteiger partial charge in [0, 0.05) is 39.3 Å². The van der Waals surface area contributed by atoms with Crippen molar-refractivity contribution < 1.29 is 4.74 Å². The summed E-state index contributed by atoms with van der Waals surface area (Å²) in [7, 11) is 0. The molecule has 0 radical (unpaired) electrons. The summed E-state index contributed by atoms with van der Waals surface area (Å²) in [6.07, 6.45) is 11.4. The van der Waals surface area contributed by atoms with Crippen molar-refractivity contribution in [2.24, 2.45) is 11.7 Å². The van der Waals surface area contributed by atoms with Crippen LogP contribution >= 0.6 is 37.2 Å². The van der Waals surface area contributed by atoms with Crippen LogP contribution in [0.1, 0.15) is 57.8 Å². The molecule has 3 rings (SSSR count). The molecule has 0 atom stereocenters. The number of hydrogen-bond acceptors (Lipinski definition) is 4. The number of para-hydroxylation sites is 1. The fourth-order valence-electron chi connectivity index (χ4n) is 4.47. The average Bonchev–Trinajstić information content (AvgIpc) is 3.63. The van der Waals surface area contributed by atoms with Crippen molar-refractivity contribution in [2.75, 3.05) is 59.0 Å². The number of piperazine rings is 1. The third kappa shape index (κ3) is 15.0. The zero-order valence-corrected chi connectivity index (χ0v) is 23.7. The molecule has 0 bridgehead atoms. The van der Waals surface area contributed by atoms with Crippen LogP contribution in [0.3, 0.4) is 0 Å². The highest BCUT2D eigenvalue weighted by atomic mass is 35.5. The molecule has 6 nitrogen and oxygen atoms in total. The van der Waals surface area contributed by atoms with Crippen LogP contribution < -0.4 is 10.5 Å². The van der Waals surface area contributed by atoms with Gasteiger partial charge in [-0.25, -0.2) is 0 Å². The number of unbranched alkanes of at least 4 members (excludes halogenated alkanes) is 5. The van der Waals surface area contributed by atoms with Crippen LogP contribution in [0.25, 0.3) is 0 Å². The van der Waals surface area contributed by atoms with E-state index in [1.807, 2.05) is 30.3 Å². The Morgan fingerprint density at radius 1 is 0.829 bits per heavy atom. The summed E-state index contributed by atoms with van der Waals surface area (Å²) in [6.45, 7) is 10.1. The molecule has 0 aromatic heterocycles. The number of halogens is 3. The largest absolute Gasteiger partial charge is 0.494 e. The smallest absolute Gasteiger partial charge is 0.188 e. The molecule has 204 valence electrons. The number of nitrogens with two attached hydrogens (primary N) is 1. The second kappa shape index (κ2) is 20.2. The molecule has 1 saturated heterocycles. The number of ether oxygens (including phenoxy) is 1. The normalized spacial score (nSPS) is 15.9. The molecule has 2 aliphatic rings. The van der Waals surface area contributed by atoms with E-state index in [4.69, 9.17) is 15.9 Å². The second-order valence-electron chi connectivity index (χ2n) is 9.59. The Morgan fingerprint density at radius 3 is 1.94 bits per heavy atom. The average molecular weight is 553 g/mol. The first-order valence-corrected chi connectivity index (χ1v) is 12.9. The number of hydrogen-bond donors (Lipinski definition) is 2. The number of guanidine groups is 1. The van der Waals surface area contributed by atoms with E-state index in [-0.39, 0.29) is 43.2 Å². The fraction of sp³-hybridized carbons (Fsp3) is 0.731. The molecule has 0 spiro atoms. The van der Waals surface area contributed by atoms with Gasteiger partial charge in [0.25, 0.3) is 0 Å². The topological polar surface area (TPSA) is 68.8 Å². The summed E-state index contributed by atoms with van der Waals surface area (Å²) in [5.41, 5.74) is 5.74. The quantitative estimate of drug-likeness (QED) is 0.166. The lowest BCUT2D eigenvalue weighted by Gasteiger charge is -2.34. The van der Waals surface area contributed by atoms with Crippen molar-refractivity contribution in [2.45, 2.75) is 57.8 Å². The maximum absolute atomic E-state index is 7.75. The van der Waals surface area contributed by atoms with Crippen molar-refractivity contribution in [3.8, 4) is 5.75 Å². The van der Waals surface area contributed by atoms with E-state index < -0.39 is 0 Å². The van der Waals surface area contributed by atoms with Gasteiger partial charge in [-0.3, -0.25) is 5.41 Å². The minimum atomic E-state index is 0. The molecule has 0 amide bonds. The fourth-order valence-corrected chi connectivity index (χ4v) is 4.47. The highest BCUT2D eigenvalue weighted by Crippen LogP contribution is 2.29. The zero-order chi connectivity index (χ0) is 22.4. The van der Waals surface area contributed by atoms with E-state index in [1.165, 1.54) is 84.2 Å². The lowest BCUT2D eigenvalue weighted by Crippen LogP contribution is -2.46. The molecule has 1 heterocycles. The predicted octanol–water partition coefficient (Wildman–Crippen LogP) is 5.28. The van der Waals surface area contributed by atoms with Crippen molar-refractivity contribution in [3.63, 3.8) is 0 Å². The van der Waals surface area contributed by atoms with Gasteiger partial charge in [-0.1, -0.05) is 37.5 Å². The zero-order valence-electron chi connectivity index (χ0n) is 21.2. The number of nitrogens with one attached hydrogen (secondary N) is 1. The third-order valence-electron chi connectivity index (χ3n) is 6.76. The third-order valence-corrected chi connectivity index (χ3v) is 6.76. The highest BCUT2D eigenvalue weighted by molar-refractivity contribution is 5.86. The number of rotatable bonds is 16. The summed E-state index contributed by atoms with van der Waals surface area (Å²) in [6, 6.07) is 10.1. The van der Waals surface area contributed by atoms with Gasteiger partial charge in [0.1, 0.15) is 5.75 Å². The molecular formula is C26H48Cl3N5O. The number of benzene rings is 1. The van der Waals surface area contributed by atoms with E-state index in [1.54, 1.807) is 0 Å². The van der Waals surface area contributed by atoms with Gasteiger partial charge in [0.2, 0.25) is 0 Å². The SMILES string of the molecule is Cl.Cl.Cl.N=C(N)N(CCCCN1CCN(CCCCCCCOc2ccccc2)CC1)CC1CC1. The van der Waals surface area contributed by atoms with E-state index in [0.29, 0.717) is 0 Å². The van der Waals surface area contributed by atoms with Crippen LogP contribution in [0.5, 0.6) is 5.75 Å². The van der Waals surface area contributed by atoms with Gasteiger partial charge in [-0.05, 0) is 69.7 Å². The van der Waals surface area contributed by atoms with Crippen LogP contribution in [-0.2, 0) is 0 Å². The molecule has 3 N–H and O–H groups in total. The maximum atomic E-state index is 7.75. The van der Waals surface area contributed by atoms with Crippen LogP contribution in [-0.4, -0.2) is 79.6 Å². The predicted molar refractivity (Wildman–Crippen MR) is 155 cm³/mol. The maximum Gasteiger partial charge on any atom is 0.188 e. The van der Waals surface area contributed by atoms with Crippen molar-refractivity contribution in [1.29, 1.82) is 5.41 Å². The molecule has 0 unspecified atom stereocenters. The lowest BCUT2D eigenvalue weighted by atomic mass is 10.1.